The van der Waals surface area contributed by atoms with Crippen LogP contribution in [0.3, 0.4) is 0 Å². The van der Waals surface area contributed by atoms with Crippen LogP contribution in [0.15, 0.2) is 18.2 Å². The standard InChI is InChI=1S/C12H17NO4S/c1-7(10(6-14)18-2)13-12(17)11-8(15)4-3-5-9(11)16/h3-5,7,10,14-16H,6H2,1-2H3,(H,13,17). The molecule has 0 aliphatic heterocycles. The summed E-state index contributed by atoms with van der Waals surface area (Å²) >= 11 is 1.43. The van der Waals surface area contributed by atoms with Gasteiger partial charge in [-0.05, 0) is 25.3 Å². The topological polar surface area (TPSA) is 89.8 Å². The molecule has 4 N–H and O–H groups in total. The number of amides is 1. The number of phenols is 2. The van der Waals surface area contributed by atoms with Gasteiger partial charge in [-0.15, -0.1) is 0 Å². The lowest BCUT2D eigenvalue weighted by Gasteiger charge is -2.21. The number of aromatic hydroxyl groups is 2. The van der Waals surface area contributed by atoms with Gasteiger partial charge in [-0.25, -0.2) is 0 Å². The molecule has 1 amide bonds. The minimum Gasteiger partial charge on any atom is -0.507 e. The summed E-state index contributed by atoms with van der Waals surface area (Å²) < 4.78 is 0. The van der Waals surface area contributed by atoms with Crippen molar-refractivity contribution in [3.05, 3.63) is 23.8 Å². The fraction of sp³-hybridized carbons (Fsp3) is 0.417. The lowest BCUT2D eigenvalue weighted by atomic mass is 10.1. The number of aliphatic hydroxyl groups is 1. The Balaban J connectivity index is 2.83. The van der Waals surface area contributed by atoms with Crippen molar-refractivity contribution in [2.75, 3.05) is 12.9 Å². The van der Waals surface area contributed by atoms with E-state index in [1.807, 2.05) is 6.26 Å². The second-order valence-corrected chi connectivity index (χ2v) is 4.97. The van der Waals surface area contributed by atoms with E-state index in [1.165, 1.54) is 30.0 Å². The number of nitrogens with one attached hydrogen (secondary N) is 1. The molecule has 100 valence electrons. The summed E-state index contributed by atoms with van der Waals surface area (Å²) in [6.45, 7) is 1.70. The van der Waals surface area contributed by atoms with Gasteiger partial charge in [-0.2, -0.15) is 11.8 Å². The van der Waals surface area contributed by atoms with Crippen LogP contribution in [0, 0.1) is 0 Å². The van der Waals surface area contributed by atoms with Crippen molar-refractivity contribution >= 4 is 17.7 Å². The maximum Gasteiger partial charge on any atom is 0.259 e. The van der Waals surface area contributed by atoms with Crippen molar-refractivity contribution in [2.45, 2.75) is 18.2 Å². The molecule has 0 heterocycles. The molecule has 0 aliphatic rings. The van der Waals surface area contributed by atoms with E-state index in [2.05, 4.69) is 5.32 Å². The van der Waals surface area contributed by atoms with Gasteiger partial charge in [-0.3, -0.25) is 4.79 Å². The van der Waals surface area contributed by atoms with E-state index in [0.717, 1.165) is 0 Å². The van der Waals surface area contributed by atoms with Crippen molar-refractivity contribution in [1.82, 2.24) is 5.32 Å². The Morgan fingerprint density at radius 1 is 1.39 bits per heavy atom. The first-order chi connectivity index (χ1) is 8.51. The van der Waals surface area contributed by atoms with Gasteiger partial charge in [0.25, 0.3) is 5.91 Å². The molecule has 1 aromatic carbocycles. The molecule has 6 heteroatoms. The van der Waals surface area contributed by atoms with E-state index >= 15 is 0 Å². The largest absolute Gasteiger partial charge is 0.507 e. The molecule has 0 saturated heterocycles. The van der Waals surface area contributed by atoms with Crippen LogP contribution < -0.4 is 5.32 Å². The predicted octanol–water partition coefficient (Wildman–Crippen LogP) is 0.940. The second kappa shape index (κ2) is 6.51. The molecule has 0 fully saturated rings. The van der Waals surface area contributed by atoms with Crippen LogP contribution in [0.2, 0.25) is 0 Å². The van der Waals surface area contributed by atoms with Gasteiger partial charge in [0.15, 0.2) is 0 Å². The van der Waals surface area contributed by atoms with Crippen LogP contribution in [0.5, 0.6) is 11.5 Å². The average Bonchev–Trinajstić information content (AvgIpc) is 2.30. The minimum absolute atomic E-state index is 0.0602. The maximum atomic E-state index is 11.9. The van der Waals surface area contributed by atoms with Crippen LogP contribution in [0.25, 0.3) is 0 Å². The molecule has 5 nitrogen and oxygen atoms in total. The zero-order chi connectivity index (χ0) is 13.7. The SMILES string of the molecule is CSC(CO)C(C)NC(=O)c1c(O)cccc1O. The fourth-order valence-electron chi connectivity index (χ4n) is 1.57. The Hall–Kier alpha value is -1.40. The number of aliphatic hydroxyl groups excluding tert-OH is 1. The maximum absolute atomic E-state index is 11.9. The highest BCUT2D eigenvalue weighted by molar-refractivity contribution is 7.99. The van der Waals surface area contributed by atoms with Gasteiger partial charge in [0, 0.05) is 11.3 Å². The molecular formula is C12H17NO4S. The van der Waals surface area contributed by atoms with E-state index < -0.39 is 5.91 Å². The van der Waals surface area contributed by atoms with E-state index in [4.69, 9.17) is 5.11 Å². The van der Waals surface area contributed by atoms with Crippen LogP contribution in [-0.2, 0) is 0 Å². The molecule has 18 heavy (non-hydrogen) atoms. The first-order valence-electron chi connectivity index (χ1n) is 5.46. The molecule has 2 unspecified atom stereocenters. The Labute approximate surface area is 110 Å². The summed E-state index contributed by atoms with van der Waals surface area (Å²) in [7, 11) is 0. The lowest BCUT2D eigenvalue weighted by molar-refractivity contribution is 0.0930. The van der Waals surface area contributed by atoms with Gasteiger partial charge in [0.2, 0.25) is 0 Å². The fourth-order valence-corrected chi connectivity index (χ4v) is 2.19. The Kier molecular flexibility index (Phi) is 5.30. The summed E-state index contributed by atoms with van der Waals surface area (Å²) in [6.07, 6.45) is 1.83. The molecule has 0 saturated carbocycles. The Morgan fingerprint density at radius 2 is 1.94 bits per heavy atom. The molecule has 0 spiro atoms. The number of hydrogen-bond donors (Lipinski definition) is 4. The number of rotatable bonds is 5. The molecule has 0 radical (unpaired) electrons. The summed E-state index contributed by atoms with van der Waals surface area (Å²) in [4.78, 5) is 11.9. The third-order valence-electron chi connectivity index (χ3n) is 2.65. The molecule has 0 aliphatic carbocycles. The minimum atomic E-state index is -0.564. The van der Waals surface area contributed by atoms with E-state index in [-0.39, 0.29) is 35.0 Å². The van der Waals surface area contributed by atoms with Crippen LogP contribution in [-0.4, -0.2) is 45.4 Å². The normalized spacial score (nSPS) is 13.9. The molecule has 1 rings (SSSR count). The quantitative estimate of drug-likeness (QED) is 0.640. The number of carbonyl (C=O) groups is 1. The number of benzene rings is 1. The number of phenolic OH excluding ortho intramolecular Hbond substituents is 2. The molecule has 2 atom stereocenters. The van der Waals surface area contributed by atoms with Crippen molar-refractivity contribution in [3.8, 4) is 11.5 Å². The van der Waals surface area contributed by atoms with Crippen LogP contribution in [0.1, 0.15) is 17.3 Å². The zero-order valence-corrected chi connectivity index (χ0v) is 11.1. The third kappa shape index (κ3) is 3.30. The zero-order valence-electron chi connectivity index (χ0n) is 10.3. The smallest absolute Gasteiger partial charge is 0.259 e. The van der Waals surface area contributed by atoms with Gasteiger partial charge in [0.05, 0.1) is 6.61 Å². The number of thioether (sulfide) groups is 1. The van der Waals surface area contributed by atoms with Crippen LogP contribution in [0.4, 0.5) is 0 Å². The molecule has 0 aromatic heterocycles. The summed E-state index contributed by atoms with van der Waals surface area (Å²) in [5, 5.41) is 30.7. The van der Waals surface area contributed by atoms with E-state index in [9.17, 15) is 15.0 Å². The highest BCUT2D eigenvalue weighted by atomic mass is 32.2. The Morgan fingerprint density at radius 3 is 2.39 bits per heavy atom. The highest BCUT2D eigenvalue weighted by Crippen LogP contribution is 2.26. The van der Waals surface area contributed by atoms with Crippen LogP contribution >= 0.6 is 11.8 Å². The molecule has 1 aromatic rings. The van der Waals surface area contributed by atoms with Gasteiger partial charge < -0.3 is 20.6 Å². The summed E-state index contributed by atoms with van der Waals surface area (Å²) in [5.74, 6) is -1.11. The Bertz CT molecular complexity index is 400. The van der Waals surface area contributed by atoms with Crippen molar-refractivity contribution in [2.24, 2.45) is 0 Å². The highest BCUT2D eigenvalue weighted by Gasteiger charge is 2.21. The third-order valence-corrected chi connectivity index (χ3v) is 3.81. The van der Waals surface area contributed by atoms with E-state index in [0.29, 0.717) is 0 Å². The number of carbonyl (C=O) groups excluding carboxylic acids is 1. The molecule has 0 bridgehead atoms. The predicted molar refractivity (Wildman–Crippen MR) is 71.1 cm³/mol. The van der Waals surface area contributed by atoms with Crippen molar-refractivity contribution in [1.29, 1.82) is 0 Å². The second-order valence-electron chi connectivity index (χ2n) is 3.89. The first kappa shape index (κ1) is 14.7. The van der Waals surface area contributed by atoms with Gasteiger partial charge in [0.1, 0.15) is 17.1 Å². The van der Waals surface area contributed by atoms with Crippen molar-refractivity contribution in [3.63, 3.8) is 0 Å². The monoisotopic (exact) mass is 271 g/mol. The van der Waals surface area contributed by atoms with Gasteiger partial charge in [-0.1, -0.05) is 6.07 Å². The average molecular weight is 271 g/mol. The summed E-state index contributed by atoms with van der Waals surface area (Å²) in [5.41, 5.74) is -0.151. The number of hydrogen-bond acceptors (Lipinski definition) is 5. The summed E-state index contributed by atoms with van der Waals surface area (Å²) in [6, 6.07) is 3.83. The first-order valence-corrected chi connectivity index (χ1v) is 6.75. The van der Waals surface area contributed by atoms with Gasteiger partial charge >= 0.3 is 0 Å². The van der Waals surface area contributed by atoms with Crippen molar-refractivity contribution < 1.29 is 20.1 Å². The molecular weight excluding hydrogens is 254 g/mol. The lowest BCUT2D eigenvalue weighted by Crippen LogP contribution is -2.41. The van der Waals surface area contributed by atoms with E-state index in [1.54, 1.807) is 6.92 Å².